The maximum absolute atomic E-state index is 10.9. The second kappa shape index (κ2) is 6.78. The highest BCUT2D eigenvalue weighted by Crippen LogP contribution is 2.29. The number of aryl methyl sites for hydroxylation is 1. The molecule has 0 unspecified atom stereocenters. The molecule has 0 spiro atoms. The second-order valence-electron chi connectivity index (χ2n) is 7.60. The Morgan fingerprint density at radius 2 is 1.77 bits per heavy atom. The summed E-state index contributed by atoms with van der Waals surface area (Å²) in [4.78, 5) is 2.32. The van der Waals surface area contributed by atoms with Gasteiger partial charge in [-0.2, -0.15) is 0 Å². The first-order chi connectivity index (χ1) is 12.5. The van der Waals surface area contributed by atoms with Gasteiger partial charge in [-0.15, -0.1) is 0 Å². The van der Waals surface area contributed by atoms with Crippen LogP contribution in [0, 0.1) is 6.92 Å². The van der Waals surface area contributed by atoms with Gasteiger partial charge in [-0.25, -0.2) is 0 Å². The molecule has 0 bridgehead atoms. The van der Waals surface area contributed by atoms with Gasteiger partial charge in [0.1, 0.15) is 17.1 Å². The van der Waals surface area contributed by atoms with Gasteiger partial charge in [0.2, 0.25) is 0 Å². The van der Waals surface area contributed by atoms with Crippen LogP contribution >= 0.6 is 0 Å². The van der Waals surface area contributed by atoms with Crippen LogP contribution in [0.15, 0.2) is 52.9 Å². The highest BCUT2D eigenvalue weighted by Gasteiger charge is 2.32. The van der Waals surface area contributed by atoms with Crippen LogP contribution in [-0.4, -0.2) is 33.8 Å². The Morgan fingerprint density at radius 1 is 1.04 bits per heavy atom. The molecule has 0 amide bonds. The molecule has 3 aromatic rings. The van der Waals surface area contributed by atoms with Crippen molar-refractivity contribution in [2.45, 2.75) is 38.3 Å². The van der Waals surface area contributed by atoms with Crippen LogP contribution in [-0.2, 0) is 13.0 Å². The zero-order chi connectivity index (χ0) is 18.1. The molecular formula is C22H25NO3. The average molecular weight is 351 g/mol. The molecule has 4 rings (SSSR count). The van der Waals surface area contributed by atoms with Crippen molar-refractivity contribution < 1.29 is 14.6 Å². The number of hydrogen-bond acceptors (Lipinski definition) is 4. The summed E-state index contributed by atoms with van der Waals surface area (Å²) in [7, 11) is 0. The Balaban J connectivity index is 1.37. The van der Waals surface area contributed by atoms with Gasteiger partial charge in [0, 0.05) is 31.0 Å². The van der Waals surface area contributed by atoms with Crippen molar-refractivity contribution in [2.75, 3.05) is 13.1 Å². The Labute approximate surface area is 153 Å². The number of phenols is 1. The number of piperidine rings is 1. The summed E-state index contributed by atoms with van der Waals surface area (Å²) in [6.07, 6.45) is 2.24. The summed E-state index contributed by atoms with van der Waals surface area (Å²) in [5.74, 6) is 1.12. The largest absolute Gasteiger partial charge is 0.508 e. The van der Waals surface area contributed by atoms with Gasteiger partial charge in [-0.1, -0.05) is 29.8 Å². The first-order valence-corrected chi connectivity index (χ1v) is 9.21. The van der Waals surface area contributed by atoms with Crippen molar-refractivity contribution in [3.8, 4) is 5.75 Å². The maximum atomic E-state index is 10.9. The molecule has 0 radical (unpaired) electrons. The number of furan rings is 1. The number of likely N-dealkylation sites (tertiary alicyclic amines) is 1. The van der Waals surface area contributed by atoms with Crippen LogP contribution in [0.5, 0.6) is 5.75 Å². The fourth-order valence-corrected chi connectivity index (χ4v) is 3.76. The topological polar surface area (TPSA) is 56.8 Å². The maximum Gasteiger partial charge on any atom is 0.138 e. The number of aliphatic hydroxyl groups is 1. The first-order valence-electron chi connectivity index (χ1n) is 9.21. The summed E-state index contributed by atoms with van der Waals surface area (Å²) >= 11 is 0. The zero-order valence-corrected chi connectivity index (χ0v) is 15.1. The SMILES string of the molecule is Cc1ccc(CC2(O)CCN(Cc3cc4ccc(O)cc4o3)CC2)cc1. The molecule has 2 heterocycles. The third kappa shape index (κ3) is 3.76. The molecule has 0 saturated carbocycles. The standard InChI is InChI=1S/C22H25NO3/c1-16-2-4-17(5-3-16)14-22(25)8-10-23(11-9-22)15-20-12-18-6-7-19(24)13-21(18)26-20/h2-7,12-13,24-25H,8-11,14-15H2,1H3. The molecule has 26 heavy (non-hydrogen) atoms. The molecule has 2 N–H and O–H groups in total. The van der Waals surface area contributed by atoms with Crippen molar-refractivity contribution in [3.05, 3.63) is 65.4 Å². The van der Waals surface area contributed by atoms with E-state index in [-0.39, 0.29) is 5.75 Å². The Bertz CT molecular complexity index is 889. The predicted molar refractivity (Wildman–Crippen MR) is 102 cm³/mol. The number of phenolic OH excluding ortho intramolecular Hbond substituents is 1. The molecule has 4 heteroatoms. The highest BCUT2D eigenvalue weighted by atomic mass is 16.3. The van der Waals surface area contributed by atoms with E-state index in [1.165, 1.54) is 11.1 Å². The van der Waals surface area contributed by atoms with Crippen LogP contribution in [0.2, 0.25) is 0 Å². The van der Waals surface area contributed by atoms with Crippen molar-refractivity contribution in [1.82, 2.24) is 4.90 Å². The lowest BCUT2D eigenvalue weighted by Crippen LogP contribution is -2.45. The van der Waals surface area contributed by atoms with Gasteiger partial charge >= 0.3 is 0 Å². The Hall–Kier alpha value is -2.30. The number of rotatable bonds is 4. The molecular weight excluding hydrogens is 326 g/mol. The van der Waals surface area contributed by atoms with E-state index >= 15 is 0 Å². The lowest BCUT2D eigenvalue weighted by atomic mass is 9.85. The van der Waals surface area contributed by atoms with E-state index in [1.807, 2.05) is 12.1 Å². The number of nitrogens with zero attached hydrogens (tertiary/aromatic N) is 1. The summed E-state index contributed by atoms with van der Waals surface area (Å²) in [5.41, 5.74) is 2.54. The highest BCUT2D eigenvalue weighted by molar-refractivity contribution is 5.79. The van der Waals surface area contributed by atoms with Gasteiger partial charge in [0.05, 0.1) is 12.1 Å². The molecule has 0 aliphatic carbocycles. The first kappa shape index (κ1) is 17.1. The van der Waals surface area contributed by atoms with Gasteiger partial charge in [0.25, 0.3) is 0 Å². The smallest absolute Gasteiger partial charge is 0.138 e. The average Bonchev–Trinajstić information content (AvgIpc) is 3.01. The Kier molecular flexibility index (Phi) is 4.47. The molecule has 1 aromatic heterocycles. The zero-order valence-electron chi connectivity index (χ0n) is 15.1. The fourth-order valence-electron chi connectivity index (χ4n) is 3.76. The van der Waals surface area contributed by atoms with Gasteiger partial charge < -0.3 is 14.6 Å². The molecule has 1 saturated heterocycles. The van der Waals surface area contributed by atoms with E-state index in [0.29, 0.717) is 12.0 Å². The number of fused-ring (bicyclic) bond motifs is 1. The predicted octanol–water partition coefficient (Wildman–Crippen LogP) is 4.02. The Morgan fingerprint density at radius 3 is 2.50 bits per heavy atom. The van der Waals surface area contributed by atoms with Gasteiger partial charge in [-0.3, -0.25) is 4.90 Å². The van der Waals surface area contributed by atoms with Crippen LogP contribution in [0.3, 0.4) is 0 Å². The molecule has 1 fully saturated rings. The lowest BCUT2D eigenvalue weighted by molar-refractivity contribution is -0.0235. The number of hydrogen-bond donors (Lipinski definition) is 2. The summed E-state index contributed by atoms with van der Waals surface area (Å²) in [5, 5.41) is 21.5. The van der Waals surface area contributed by atoms with E-state index in [0.717, 1.165) is 43.6 Å². The normalized spacial score (nSPS) is 17.6. The number of benzene rings is 2. The van der Waals surface area contributed by atoms with Crippen LogP contribution in [0.4, 0.5) is 0 Å². The monoisotopic (exact) mass is 351 g/mol. The van der Waals surface area contributed by atoms with Crippen molar-refractivity contribution in [3.63, 3.8) is 0 Å². The minimum absolute atomic E-state index is 0.220. The van der Waals surface area contributed by atoms with Crippen molar-refractivity contribution in [1.29, 1.82) is 0 Å². The summed E-state index contributed by atoms with van der Waals surface area (Å²) in [6, 6.07) is 15.7. The van der Waals surface area contributed by atoms with E-state index in [2.05, 4.69) is 36.1 Å². The third-order valence-corrected chi connectivity index (χ3v) is 5.37. The van der Waals surface area contributed by atoms with Gasteiger partial charge in [-0.05, 0) is 43.5 Å². The molecule has 2 aromatic carbocycles. The third-order valence-electron chi connectivity index (χ3n) is 5.37. The van der Waals surface area contributed by atoms with Crippen molar-refractivity contribution >= 4 is 11.0 Å². The van der Waals surface area contributed by atoms with Crippen LogP contribution < -0.4 is 0 Å². The van der Waals surface area contributed by atoms with Crippen molar-refractivity contribution in [2.24, 2.45) is 0 Å². The summed E-state index contributed by atoms with van der Waals surface area (Å²) in [6.45, 7) is 4.52. The van der Waals surface area contributed by atoms with E-state index in [4.69, 9.17) is 4.42 Å². The van der Waals surface area contributed by atoms with Crippen LogP contribution in [0.25, 0.3) is 11.0 Å². The summed E-state index contributed by atoms with van der Waals surface area (Å²) < 4.78 is 5.85. The quantitative estimate of drug-likeness (QED) is 0.745. The molecule has 0 atom stereocenters. The van der Waals surface area contributed by atoms with Crippen LogP contribution in [0.1, 0.15) is 29.7 Å². The molecule has 1 aliphatic rings. The lowest BCUT2D eigenvalue weighted by Gasteiger charge is -2.38. The second-order valence-corrected chi connectivity index (χ2v) is 7.60. The van der Waals surface area contributed by atoms with E-state index < -0.39 is 5.60 Å². The van der Waals surface area contributed by atoms with E-state index in [9.17, 15) is 10.2 Å². The van der Waals surface area contributed by atoms with E-state index in [1.54, 1.807) is 12.1 Å². The van der Waals surface area contributed by atoms with Gasteiger partial charge in [0.15, 0.2) is 0 Å². The number of aromatic hydroxyl groups is 1. The fraction of sp³-hybridized carbons (Fsp3) is 0.364. The molecule has 1 aliphatic heterocycles. The minimum atomic E-state index is -0.620. The molecule has 136 valence electrons. The molecule has 4 nitrogen and oxygen atoms in total. The minimum Gasteiger partial charge on any atom is -0.508 e.